The Hall–Kier alpha value is -3.81. The number of benzene rings is 2. The molecule has 0 bridgehead atoms. The smallest absolute Gasteiger partial charge is 0.375 e. The monoisotopic (exact) mass is 382 g/mol. The Balaban J connectivity index is 1.75. The summed E-state index contributed by atoms with van der Waals surface area (Å²) in [5.74, 6) is -1.33. The summed E-state index contributed by atoms with van der Waals surface area (Å²) in [5.41, 5.74) is 5.24. The van der Waals surface area contributed by atoms with Crippen LogP contribution in [0.5, 0.6) is 5.75 Å². The van der Waals surface area contributed by atoms with Gasteiger partial charge in [-0.3, -0.25) is 20.4 Å². The highest BCUT2D eigenvalue weighted by atomic mass is 16.5. The quantitative estimate of drug-likeness (QED) is 0.501. The van der Waals surface area contributed by atoms with E-state index in [4.69, 9.17) is 13.9 Å². The third kappa shape index (κ3) is 4.67. The van der Waals surface area contributed by atoms with Gasteiger partial charge in [-0.05, 0) is 18.2 Å². The number of esters is 1. The SMILES string of the molecule is CC(=O)NNC(=O)COC(=O)c1oc2ccccc2c1COc1ccccc1. The molecule has 0 fully saturated rings. The van der Waals surface area contributed by atoms with Gasteiger partial charge in [0.05, 0.1) is 5.56 Å². The van der Waals surface area contributed by atoms with Crippen LogP contribution in [0, 0.1) is 0 Å². The molecule has 3 rings (SSSR count). The maximum atomic E-state index is 12.5. The highest BCUT2D eigenvalue weighted by Gasteiger charge is 2.23. The van der Waals surface area contributed by atoms with Gasteiger partial charge in [-0.15, -0.1) is 0 Å². The van der Waals surface area contributed by atoms with Crippen LogP contribution in [-0.2, 0) is 20.9 Å². The van der Waals surface area contributed by atoms with E-state index in [-0.39, 0.29) is 12.4 Å². The van der Waals surface area contributed by atoms with E-state index in [0.29, 0.717) is 22.3 Å². The molecule has 3 aromatic rings. The average molecular weight is 382 g/mol. The maximum absolute atomic E-state index is 12.5. The van der Waals surface area contributed by atoms with Crippen LogP contribution < -0.4 is 15.6 Å². The van der Waals surface area contributed by atoms with Crippen molar-refractivity contribution in [2.75, 3.05) is 6.61 Å². The third-order valence-corrected chi connectivity index (χ3v) is 3.72. The van der Waals surface area contributed by atoms with E-state index in [0.717, 1.165) is 0 Å². The maximum Gasteiger partial charge on any atom is 0.375 e. The topological polar surface area (TPSA) is 107 Å². The van der Waals surface area contributed by atoms with Crippen molar-refractivity contribution < 1.29 is 28.3 Å². The molecule has 144 valence electrons. The largest absolute Gasteiger partial charge is 0.489 e. The van der Waals surface area contributed by atoms with Crippen LogP contribution in [0.3, 0.4) is 0 Å². The Labute approximate surface area is 160 Å². The molecular formula is C20H18N2O6. The van der Waals surface area contributed by atoms with E-state index in [2.05, 4.69) is 10.9 Å². The first kappa shape index (κ1) is 19.0. The molecule has 8 heteroatoms. The van der Waals surface area contributed by atoms with Gasteiger partial charge >= 0.3 is 5.97 Å². The summed E-state index contributed by atoms with van der Waals surface area (Å²) < 4.78 is 16.4. The number of rotatable bonds is 6. The molecule has 0 radical (unpaired) electrons. The van der Waals surface area contributed by atoms with Crippen LogP contribution in [0.25, 0.3) is 11.0 Å². The molecular weight excluding hydrogens is 364 g/mol. The molecule has 0 saturated carbocycles. The molecule has 0 atom stereocenters. The molecule has 0 aliphatic rings. The van der Waals surface area contributed by atoms with Crippen molar-refractivity contribution in [2.24, 2.45) is 0 Å². The van der Waals surface area contributed by atoms with E-state index in [9.17, 15) is 14.4 Å². The number of fused-ring (bicyclic) bond motifs is 1. The first-order valence-electron chi connectivity index (χ1n) is 8.45. The average Bonchev–Trinajstić information content (AvgIpc) is 3.08. The van der Waals surface area contributed by atoms with Crippen LogP contribution in [0.15, 0.2) is 59.0 Å². The number of carbonyl (C=O) groups is 3. The van der Waals surface area contributed by atoms with Crippen molar-refractivity contribution in [1.29, 1.82) is 0 Å². The van der Waals surface area contributed by atoms with Crippen molar-refractivity contribution in [3.05, 3.63) is 65.9 Å². The number of furan rings is 1. The highest BCUT2D eigenvalue weighted by molar-refractivity contribution is 5.97. The van der Waals surface area contributed by atoms with Crippen LogP contribution in [0.4, 0.5) is 0 Å². The third-order valence-electron chi connectivity index (χ3n) is 3.72. The zero-order chi connectivity index (χ0) is 19.9. The van der Waals surface area contributed by atoms with Crippen LogP contribution in [0.2, 0.25) is 0 Å². The lowest BCUT2D eigenvalue weighted by Gasteiger charge is -2.08. The molecule has 2 amide bonds. The van der Waals surface area contributed by atoms with Crippen molar-refractivity contribution >= 4 is 28.8 Å². The number of nitrogens with one attached hydrogen (secondary N) is 2. The van der Waals surface area contributed by atoms with Crippen molar-refractivity contribution in [3.8, 4) is 5.75 Å². The highest BCUT2D eigenvalue weighted by Crippen LogP contribution is 2.27. The minimum Gasteiger partial charge on any atom is -0.489 e. The predicted octanol–water partition coefficient (Wildman–Crippen LogP) is 2.34. The number of hydrogen-bond acceptors (Lipinski definition) is 6. The molecule has 0 aliphatic heterocycles. The van der Waals surface area contributed by atoms with Gasteiger partial charge in [-0.25, -0.2) is 4.79 Å². The van der Waals surface area contributed by atoms with Gasteiger partial charge in [0.1, 0.15) is 17.9 Å². The number of carbonyl (C=O) groups excluding carboxylic acids is 3. The molecule has 8 nitrogen and oxygen atoms in total. The summed E-state index contributed by atoms with van der Waals surface area (Å²) in [7, 11) is 0. The van der Waals surface area contributed by atoms with E-state index in [1.165, 1.54) is 6.92 Å². The standard InChI is InChI=1S/C20H18N2O6/c1-13(23)21-22-18(24)12-27-20(25)19-16(11-26-14-7-3-2-4-8-14)15-9-5-6-10-17(15)28-19/h2-10H,11-12H2,1H3,(H,21,23)(H,22,24). The molecule has 1 aromatic heterocycles. The summed E-state index contributed by atoms with van der Waals surface area (Å²) >= 11 is 0. The van der Waals surface area contributed by atoms with Crippen LogP contribution >= 0.6 is 0 Å². The molecule has 2 N–H and O–H groups in total. The Morgan fingerprint density at radius 2 is 1.68 bits per heavy atom. The Morgan fingerprint density at radius 1 is 0.964 bits per heavy atom. The minimum absolute atomic E-state index is 0.0375. The number of hydrogen-bond donors (Lipinski definition) is 2. The molecule has 0 spiro atoms. The summed E-state index contributed by atoms with van der Waals surface area (Å²) in [6.45, 7) is 0.748. The minimum atomic E-state index is -0.805. The van der Waals surface area contributed by atoms with Crippen LogP contribution in [-0.4, -0.2) is 24.4 Å². The van der Waals surface area contributed by atoms with Gasteiger partial charge < -0.3 is 13.9 Å². The Morgan fingerprint density at radius 3 is 2.43 bits per heavy atom. The molecule has 0 saturated heterocycles. The number of para-hydroxylation sites is 2. The zero-order valence-corrected chi connectivity index (χ0v) is 15.1. The second-order valence-corrected chi connectivity index (χ2v) is 5.81. The Bertz CT molecular complexity index is 996. The summed E-state index contributed by atoms with van der Waals surface area (Å²) in [6.07, 6.45) is 0. The first-order chi connectivity index (χ1) is 13.5. The van der Waals surface area contributed by atoms with Crippen molar-refractivity contribution in [1.82, 2.24) is 10.9 Å². The molecule has 28 heavy (non-hydrogen) atoms. The fourth-order valence-electron chi connectivity index (χ4n) is 2.47. The lowest BCUT2D eigenvalue weighted by atomic mass is 10.1. The summed E-state index contributed by atoms with van der Waals surface area (Å²) in [4.78, 5) is 34.8. The number of amides is 2. The number of hydrazine groups is 1. The van der Waals surface area contributed by atoms with Gasteiger partial charge in [0, 0.05) is 12.3 Å². The molecule has 0 unspecified atom stereocenters. The zero-order valence-electron chi connectivity index (χ0n) is 15.1. The summed E-state index contributed by atoms with van der Waals surface area (Å²) in [6, 6.07) is 16.3. The molecule has 0 aliphatic carbocycles. The van der Waals surface area contributed by atoms with Gasteiger partial charge in [0.2, 0.25) is 11.7 Å². The summed E-state index contributed by atoms with van der Waals surface area (Å²) in [5, 5.41) is 0.716. The van der Waals surface area contributed by atoms with E-state index in [1.807, 2.05) is 30.3 Å². The van der Waals surface area contributed by atoms with Gasteiger partial charge in [-0.2, -0.15) is 0 Å². The van der Waals surface area contributed by atoms with E-state index in [1.54, 1.807) is 24.3 Å². The molecule has 2 aromatic carbocycles. The Kier molecular flexibility index (Phi) is 5.91. The number of ether oxygens (including phenoxy) is 2. The fourth-order valence-corrected chi connectivity index (χ4v) is 2.47. The normalized spacial score (nSPS) is 10.3. The van der Waals surface area contributed by atoms with Gasteiger partial charge in [0.15, 0.2) is 6.61 Å². The second kappa shape index (κ2) is 8.72. The molecule has 1 heterocycles. The lowest BCUT2D eigenvalue weighted by molar-refractivity contribution is -0.129. The lowest BCUT2D eigenvalue weighted by Crippen LogP contribution is -2.42. The predicted molar refractivity (Wildman–Crippen MR) is 99.2 cm³/mol. The van der Waals surface area contributed by atoms with E-state index >= 15 is 0 Å². The van der Waals surface area contributed by atoms with E-state index < -0.39 is 24.4 Å². The van der Waals surface area contributed by atoms with Crippen molar-refractivity contribution in [2.45, 2.75) is 13.5 Å². The fraction of sp³-hybridized carbons (Fsp3) is 0.150. The first-order valence-corrected chi connectivity index (χ1v) is 8.45. The van der Waals surface area contributed by atoms with Crippen molar-refractivity contribution in [3.63, 3.8) is 0 Å². The van der Waals surface area contributed by atoms with Crippen LogP contribution in [0.1, 0.15) is 23.0 Å². The second-order valence-electron chi connectivity index (χ2n) is 5.81. The van der Waals surface area contributed by atoms with Gasteiger partial charge in [0.25, 0.3) is 5.91 Å². The van der Waals surface area contributed by atoms with Gasteiger partial charge in [-0.1, -0.05) is 36.4 Å².